The minimum atomic E-state index is -0.329. The summed E-state index contributed by atoms with van der Waals surface area (Å²) in [4.78, 5) is 26.5. The van der Waals surface area contributed by atoms with Crippen molar-refractivity contribution in [1.29, 1.82) is 0 Å². The van der Waals surface area contributed by atoms with E-state index >= 15 is 0 Å². The van der Waals surface area contributed by atoms with Gasteiger partial charge in [-0.05, 0) is 37.1 Å². The standard InChI is InChI=1S/C18H19FN8OS2/c1-2-14(28)27(12-7-8-12)17-25-26-18(30-17)29-9-13-22-15(20)24-16(23-13)21-11-5-3-10(19)4-6-11/h3-6,12H,2,7-9H2,1H3,(H3,20,21,22,23,24). The van der Waals surface area contributed by atoms with Crippen molar-refractivity contribution in [3.63, 3.8) is 0 Å². The topological polar surface area (TPSA) is 123 Å². The molecule has 1 fully saturated rings. The number of benzene rings is 1. The quantitative estimate of drug-likeness (QED) is 0.396. The summed E-state index contributed by atoms with van der Waals surface area (Å²) >= 11 is 2.79. The Balaban J connectivity index is 1.42. The molecule has 30 heavy (non-hydrogen) atoms. The maximum atomic E-state index is 13.1. The largest absolute Gasteiger partial charge is 0.368 e. The van der Waals surface area contributed by atoms with Crippen LogP contribution < -0.4 is 16.0 Å². The first-order chi connectivity index (χ1) is 14.5. The molecular weight excluding hydrogens is 427 g/mol. The number of carbonyl (C=O) groups excluding carboxylic acids is 1. The third-order valence-electron chi connectivity index (χ3n) is 4.21. The lowest BCUT2D eigenvalue weighted by Crippen LogP contribution is -2.32. The van der Waals surface area contributed by atoms with E-state index in [-0.39, 0.29) is 29.7 Å². The van der Waals surface area contributed by atoms with Crippen LogP contribution in [0.5, 0.6) is 0 Å². The number of halogens is 1. The first-order valence-corrected chi connectivity index (χ1v) is 11.1. The van der Waals surface area contributed by atoms with Gasteiger partial charge in [-0.25, -0.2) is 4.39 Å². The number of anilines is 4. The van der Waals surface area contributed by atoms with Crippen molar-refractivity contribution in [3.8, 4) is 0 Å². The summed E-state index contributed by atoms with van der Waals surface area (Å²) in [6, 6.07) is 6.08. The number of carbonyl (C=O) groups is 1. The predicted molar refractivity (Wildman–Crippen MR) is 114 cm³/mol. The number of aromatic nitrogens is 5. The van der Waals surface area contributed by atoms with Crippen LogP contribution in [0.4, 0.5) is 27.1 Å². The van der Waals surface area contributed by atoms with Gasteiger partial charge < -0.3 is 11.1 Å². The van der Waals surface area contributed by atoms with Crippen molar-refractivity contribution in [3.05, 3.63) is 35.9 Å². The SMILES string of the molecule is CCC(=O)N(c1nnc(SCc2nc(N)nc(Nc3ccc(F)cc3)n2)s1)C1CC1. The number of amides is 1. The Labute approximate surface area is 180 Å². The van der Waals surface area contributed by atoms with E-state index < -0.39 is 0 Å². The monoisotopic (exact) mass is 446 g/mol. The molecule has 1 saturated carbocycles. The molecule has 1 amide bonds. The van der Waals surface area contributed by atoms with E-state index in [4.69, 9.17) is 5.73 Å². The van der Waals surface area contributed by atoms with Gasteiger partial charge in [0.25, 0.3) is 0 Å². The Morgan fingerprint density at radius 1 is 1.27 bits per heavy atom. The smallest absolute Gasteiger partial charge is 0.232 e. The molecule has 4 rings (SSSR count). The van der Waals surface area contributed by atoms with Gasteiger partial charge >= 0.3 is 0 Å². The molecule has 0 spiro atoms. The van der Waals surface area contributed by atoms with Gasteiger partial charge in [0.1, 0.15) is 11.6 Å². The van der Waals surface area contributed by atoms with Crippen LogP contribution in [0.1, 0.15) is 32.0 Å². The summed E-state index contributed by atoms with van der Waals surface area (Å²) in [5.74, 6) is 0.965. The number of hydrogen-bond donors (Lipinski definition) is 2. The van der Waals surface area contributed by atoms with Gasteiger partial charge in [0.15, 0.2) is 4.34 Å². The minimum absolute atomic E-state index is 0.0620. The van der Waals surface area contributed by atoms with Crippen LogP contribution in [-0.2, 0) is 10.5 Å². The molecule has 0 radical (unpaired) electrons. The van der Waals surface area contributed by atoms with E-state index in [2.05, 4.69) is 30.5 Å². The van der Waals surface area contributed by atoms with Crippen LogP contribution in [-0.4, -0.2) is 37.1 Å². The van der Waals surface area contributed by atoms with Gasteiger partial charge in [-0.15, -0.1) is 10.2 Å². The molecule has 0 saturated heterocycles. The van der Waals surface area contributed by atoms with Crippen LogP contribution >= 0.6 is 23.1 Å². The molecule has 0 bridgehead atoms. The second-order valence-electron chi connectivity index (χ2n) is 6.55. The first kappa shape index (κ1) is 20.4. The van der Waals surface area contributed by atoms with E-state index in [1.54, 1.807) is 17.0 Å². The molecule has 0 atom stereocenters. The Morgan fingerprint density at radius 2 is 2.03 bits per heavy atom. The number of nitrogens with two attached hydrogens (primary N) is 1. The maximum Gasteiger partial charge on any atom is 0.232 e. The lowest BCUT2D eigenvalue weighted by atomic mass is 10.3. The normalized spacial score (nSPS) is 13.3. The number of nitrogens with zero attached hydrogens (tertiary/aromatic N) is 6. The molecule has 1 aliphatic rings. The molecule has 9 nitrogen and oxygen atoms in total. The second kappa shape index (κ2) is 8.88. The molecule has 2 aromatic heterocycles. The van der Waals surface area contributed by atoms with Crippen molar-refractivity contribution >= 4 is 51.7 Å². The first-order valence-electron chi connectivity index (χ1n) is 9.33. The van der Waals surface area contributed by atoms with Crippen molar-refractivity contribution in [2.45, 2.75) is 42.3 Å². The highest BCUT2D eigenvalue weighted by atomic mass is 32.2. The maximum absolute atomic E-state index is 13.1. The van der Waals surface area contributed by atoms with Gasteiger partial charge in [0.2, 0.25) is 22.9 Å². The zero-order valence-electron chi connectivity index (χ0n) is 16.1. The fourth-order valence-corrected chi connectivity index (χ4v) is 4.46. The molecule has 156 valence electrons. The summed E-state index contributed by atoms with van der Waals surface area (Å²) in [6.07, 6.45) is 2.44. The average molecular weight is 447 g/mol. The highest BCUT2D eigenvalue weighted by Gasteiger charge is 2.35. The Hall–Kier alpha value is -2.86. The predicted octanol–water partition coefficient (Wildman–Crippen LogP) is 3.39. The van der Waals surface area contributed by atoms with Gasteiger partial charge in [-0.1, -0.05) is 30.0 Å². The van der Waals surface area contributed by atoms with Crippen LogP contribution in [0.15, 0.2) is 28.6 Å². The molecule has 12 heteroatoms. The Bertz CT molecular complexity index is 1040. The molecule has 0 aliphatic heterocycles. The lowest BCUT2D eigenvalue weighted by Gasteiger charge is -2.17. The Morgan fingerprint density at radius 3 is 2.73 bits per heavy atom. The second-order valence-corrected chi connectivity index (χ2v) is 8.73. The lowest BCUT2D eigenvalue weighted by molar-refractivity contribution is -0.118. The van der Waals surface area contributed by atoms with Gasteiger partial charge in [0.05, 0.1) is 5.75 Å². The summed E-state index contributed by atoms with van der Waals surface area (Å²) in [7, 11) is 0. The zero-order chi connectivity index (χ0) is 21.1. The minimum Gasteiger partial charge on any atom is -0.368 e. The number of nitrogen functional groups attached to an aromatic ring is 1. The number of nitrogens with one attached hydrogen (secondary N) is 1. The van der Waals surface area contributed by atoms with Crippen LogP contribution in [0.3, 0.4) is 0 Å². The van der Waals surface area contributed by atoms with Crippen molar-refractivity contribution in [1.82, 2.24) is 25.1 Å². The van der Waals surface area contributed by atoms with Crippen molar-refractivity contribution < 1.29 is 9.18 Å². The molecule has 2 heterocycles. The Kier molecular flexibility index (Phi) is 6.04. The van der Waals surface area contributed by atoms with Gasteiger partial charge in [-0.3, -0.25) is 9.69 Å². The average Bonchev–Trinajstić information content (AvgIpc) is 3.45. The summed E-state index contributed by atoms with van der Waals surface area (Å²) in [6.45, 7) is 1.84. The summed E-state index contributed by atoms with van der Waals surface area (Å²) in [5.41, 5.74) is 6.43. The van der Waals surface area contributed by atoms with E-state index in [1.165, 1.54) is 35.2 Å². The third-order valence-corrected chi connectivity index (χ3v) is 6.26. The van der Waals surface area contributed by atoms with Crippen LogP contribution in [0, 0.1) is 5.82 Å². The van der Waals surface area contributed by atoms with E-state index in [1.807, 2.05) is 6.92 Å². The van der Waals surface area contributed by atoms with Gasteiger partial charge in [0, 0.05) is 18.2 Å². The zero-order valence-corrected chi connectivity index (χ0v) is 17.7. The summed E-state index contributed by atoms with van der Waals surface area (Å²) in [5, 5.41) is 12.0. The summed E-state index contributed by atoms with van der Waals surface area (Å²) < 4.78 is 13.8. The molecule has 3 aromatic rings. The highest BCUT2D eigenvalue weighted by molar-refractivity contribution is 8.00. The fraction of sp³-hybridized carbons (Fsp3) is 0.333. The number of hydrogen-bond acceptors (Lipinski definition) is 10. The molecule has 3 N–H and O–H groups in total. The van der Waals surface area contributed by atoms with Crippen molar-refractivity contribution in [2.24, 2.45) is 0 Å². The highest BCUT2D eigenvalue weighted by Crippen LogP contribution is 2.36. The van der Waals surface area contributed by atoms with E-state index in [0.717, 1.165) is 12.8 Å². The van der Waals surface area contributed by atoms with Crippen LogP contribution in [0.2, 0.25) is 0 Å². The molecule has 1 aliphatic carbocycles. The van der Waals surface area contributed by atoms with E-state index in [9.17, 15) is 9.18 Å². The fourth-order valence-electron chi connectivity index (χ4n) is 2.67. The molecule has 1 aromatic carbocycles. The van der Waals surface area contributed by atoms with Crippen molar-refractivity contribution in [2.75, 3.05) is 16.0 Å². The molecule has 0 unspecified atom stereocenters. The number of rotatable bonds is 8. The van der Waals surface area contributed by atoms with E-state index in [0.29, 0.717) is 33.2 Å². The third kappa shape index (κ3) is 5.00. The van der Waals surface area contributed by atoms with Gasteiger partial charge in [-0.2, -0.15) is 15.0 Å². The number of thioether (sulfide) groups is 1. The van der Waals surface area contributed by atoms with Crippen LogP contribution in [0.25, 0.3) is 0 Å². The molecular formula is C18H19FN8OS2.